The van der Waals surface area contributed by atoms with Crippen LogP contribution in [0.4, 0.5) is 5.69 Å². The molecule has 0 spiro atoms. The number of halogens is 1. The second-order valence-electron chi connectivity index (χ2n) is 7.41. The fourth-order valence-electron chi connectivity index (χ4n) is 3.79. The standard InChI is InChI=1S/C26H24N2O.ClH/c27-26(29)25-7-4-18-28(25)24-16-14-21(15-17-24)9-8-20-10-12-23(13-11-20)19-22-5-2-1-3-6-22;/h1-3,5-6,10-17,25H,4,7,18-19H2,(H2,27,29);1H/t25-;/m1./s1. The Morgan fingerprint density at radius 3 is 2.03 bits per heavy atom. The van der Waals surface area contributed by atoms with Crippen LogP contribution in [0.25, 0.3) is 0 Å². The van der Waals surface area contributed by atoms with Crippen molar-refractivity contribution >= 4 is 24.0 Å². The number of carbonyl (C=O) groups is 1. The number of hydrogen-bond donors (Lipinski definition) is 1. The molecule has 3 aromatic rings. The minimum atomic E-state index is -0.248. The largest absolute Gasteiger partial charge is 0.368 e. The van der Waals surface area contributed by atoms with E-state index in [1.165, 1.54) is 11.1 Å². The lowest BCUT2D eigenvalue weighted by Gasteiger charge is -2.24. The Bertz CT molecular complexity index is 1030. The summed E-state index contributed by atoms with van der Waals surface area (Å²) in [4.78, 5) is 13.7. The maximum absolute atomic E-state index is 11.6. The van der Waals surface area contributed by atoms with E-state index in [1.54, 1.807) is 0 Å². The van der Waals surface area contributed by atoms with E-state index in [4.69, 9.17) is 5.73 Å². The summed E-state index contributed by atoms with van der Waals surface area (Å²) in [6.07, 6.45) is 2.76. The number of anilines is 1. The van der Waals surface area contributed by atoms with E-state index < -0.39 is 0 Å². The zero-order valence-electron chi connectivity index (χ0n) is 16.8. The predicted octanol–water partition coefficient (Wildman–Crippen LogP) is 4.55. The highest BCUT2D eigenvalue weighted by atomic mass is 35.5. The van der Waals surface area contributed by atoms with Crippen molar-refractivity contribution in [2.75, 3.05) is 11.4 Å². The van der Waals surface area contributed by atoms with Gasteiger partial charge in [-0.15, -0.1) is 12.4 Å². The van der Waals surface area contributed by atoms with Gasteiger partial charge in [0.2, 0.25) is 5.91 Å². The zero-order chi connectivity index (χ0) is 20.1. The number of rotatable bonds is 4. The van der Waals surface area contributed by atoms with Gasteiger partial charge in [-0.25, -0.2) is 0 Å². The number of nitrogens with zero attached hydrogens (tertiary/aromatic N) is 1. The Balaban J connectivity index is 0.00000256. The van der Waals surface area contributed by atoms with Crippen LogP contribution in [0.3, 0.4) is 0 Å². The van der Waals surface area contributed by atoms with Crippen molar-refractivity contribution < 1.29 is 4.79 Å². The van der Waals surface area contributed by atoms with Gasteiger partial charge in [0.25, 0.3) is 0 Å². The van der Waals surface area contributed by atoms with E-state index in [2.05, 4.69) is 65.3 Å². The Kier molecular flexibility index (Phi) is 7.17. The molecule has 4 heteroatoms. The average molecular weight is 417 g/mol. The first-order valence-corrected chi connectivity index (χ1v) is 10.00. The van der Waals surface area contributed by atoms with Gasteiger partial charge in [0.1, 0.15) is 6.04 Å². The van der Waals surface area contributed by atoms with E-state index >= 15 is 0 Å². The lowest BCUT2D eigenvalue weighted by Crippen LogP contribution is -2.40. The SMILES string of the molecule is Cl.NC(=O)[C@H]1CCCN1c1ccc(C#Cc2ccc(Cc3ccccc3)cc2)cc1. The summed E-state index contributed by atoms with van der Waals surface area (Å²) in [6.45, 7) is 0.869. The molecule has 30 heavy (non-hydrogen) atoms. The van der Waals surface area contributed by atoms with E-state index in [-0.39, 0.29) is 24.4 Å². The van der Waals surface area contributed by atoms with E-state index in [9.17, 15) is 4.79 Å². The van der Waals surface area contributed by atoms with Crippen LogP contribution >= 0.6 is 12.4 Å². The molecule has 0 bridgehead atoms. The third-order valence-corrected chi connectivity index (χ3v) is 5.34. The van der Waals surface area contributed by atoms with Crippen molar-refractivity contribution in [3.8, 4) is 11.8 Å². The molecule has 1 saturated heterocycles. The van der Waals surface area contributed by atoms with Gasteiger partial charge in [-0.05, 0) is 66.8 Å². The number of nitrogens with two attached hydrogens (primary N) is 1. The summed E-state index contributed by atoms with van der Waals surface area (Å²) in [5, 5.41) is 0. The highest BCUT2D eigenvalue weighted by Gasteiger charge is 2.28. The molecule has 1 amide bonds. The van der Waals surface area contributed by atoms with Gasteiger partial charge in [0.05, 0.1) is 0 Å². The maximum Gasteiger partial charge on any atom is 0.240 e. The van der Waals surface area contributed by atoms with Crippen molar-refractivity contribution in [1.29, 1.82) is 0 Å². The lowest BCUT2D eigenvalue weighted by molar-refractivity contribution is -0.119. The first kappa shape index (κ1) is 21.5. The second-order valence-corrected chi connectivity index (χ2v) is 7.41. The topological polar surface area (TPSA) is 46.3 Å². The van der Waals surface area contributed by atoms with Crippen LogP contribution in [0, 0.1) is 11.8 Å². The highest BCUT2D eigenvalue weighted by Crippen LogP contribution is 2.25. The number of benzene rings is 3. The van der Waals surface area contributed by atoms with Crippen LogP contribution in [0.2, 0.25) is 0 Å². The zero-order valence-corrected chi connectivity index (χ0v) is 17.6. The van der Waals surface area contributed by atoms with Crippen LogP contribution in [0.5, 0.6) is 0 Å². The Morgan fingerprint density at radius 2 is 1.43 bits per heavy atom. The van der Waals surface area contributed by atoms with Gasteiger partial charge < -0.3 is 10.6 Å². The van der Waals surface area contributed by atoms with Crippen LogP contribution in [-0.2, 0) is 11.2 Å². The molecule has 2 N–H and O–H groups in total. The van der Waals surface area contributed by atoms with Gasteiger partial charge >= 0.3 is 0 Å². The third kappa shape index (κ3) is 5.23. The Morgan fingerprint density at radius 1 is 0.867 bits per heavy atom. The minimum absolute atomic E-state index is 0. The molecule has 0 saturated carbocycles. The minimum Gasteiger partial charge on any atom is -0.368 e. The smallest absolute Gasteiger partial charge is 0.240 e. The predicted molar refractivity (Wildman–Crippen MR) is 125 cm³/mol. The van der Waals surface area contributed by atoms with E-state index in [0.29, 0.717) is 0 Å². The fourth-order valence-corrected chi connectivity index (χ4v) is 3.79. The normalized spacial score (nSPS) is 15.1. The van der Waals surface area contributed by atoms with Gasteiger partial charge in [0, 0.05) is 23.4 Å². The highest BCUT2D eigenvalue weighted by molar-refractivity contribution is 5.85. The van der Waals surface area contributed by atoms with Gasteiger partial charge in [-0.1, -0.05) is 54.3 Å². The van der Waals surface area contributed by atoms with Crippen molar-refractivity contribution in [3.05, 3.63) is 101 Å². The number of hydrogen-bond acceptors (Lipinski definition) is 2. The molecule has 3 nitrogen and oxygen atoms in total. The summed E-state index contributed by atoms with van der Waals surface area (Å²) < 4.78 is 0. The van der Waals surface area contributed by atoms with Crippen LogP contribution < -0.4 is 10.6 Å². The molecular weight excluding hydrogens is 392 g/mol. The third-order valence-electron chi connectivity index (χ3n) is 5.34. The molecule has 1 aliphatic heterocycles. The molecule has 0 aromatic heterocycles. The summed E-state index contributed by atoms with van der Waals surface area (Å²) in [5.74, 6) is 6.20. The fraction of sp³-hybridized carbons (Fsp3) is 0.192. The molecule has 3 aromatic carbocycles. The first-order chi connectivity index (χ1) is 14.2. The maximum atomic E-state index is 11.6. The Labute approximate surface area is 184 Å². The molecule has 1 fully saturated rings. The summed E-state index contributed by atoms with van der Waals surface area (Å²) in [7, 11) is 0. The molecule has 0 radical (unpaired) electrons. The molecule has 0 unspecified atom stereocenters. The molecule has 152 valence electrons. The second kappa shape index (κ2) is 10.0. The lowest BCUT2D eigenvalue weighted by atomic mass is 10.0. The van der Waals surface area contributed by atoms with Crippen molar-refractivity contribution in [3.63, 3.8) is 0 Å². The average Bonchev–Trinajstić information content (AvgIpc) is 3.25. The molecular formula is C26H25ClN2O. The van der Waals surface area contributed by atoms with Gasteiger partial charge in [-0.2, -0.15) is 0 Å². The van der Waals surface area contributed by atoms with Crippen LogP contribution in [0.1, 0.15) is 35.1 Å². The molecule has 0 aliphatic carbocycles. The van der Waals surface area contributed by atoms with Crippen molar-refractivity contribution in [1.82, 2.24) is 0 Å². The monoisotopic (exact) mass is 416 g/mol. The number of primary amides is 1. The molecule has 4 rings (SSSR count). The molecule has 1 atom stereocenters. The summed E-state index contributed by atoms with van der Waals surface area (Å²) >= 11 is 0. The van der Waals surface area contributed by atoms with Crippen molar-refractivity contribution in [2.24, 2.45) is 5.73 Å². The van der Waals surface area contributed by atoms with Gasteiger partial charge in [0.15, 0.2) is 0 Å². The van der Waals surface area contributed by atoms with Crippen LogP contribution in [-0.4, -0.2) is 18.5 Å². The van der Waals surface area contributed by atoms with Crippen molar-refractivity contribution in [2.45, 2.75) is 25.3 Å². The Hall–Kier alpha value is -3.22. The van der Waals surface area contributed by atoms with Gasteiger partial charge in [-0.3, -0.25) is 4.79 Å². The van der Waals surface area contributed by atoms with E-state index in [1.807, 2.05) is 30.3 Å². The summed E-state index contributed by atoms with van der Waals surface area (Å²) in [5.41, 5.74) is 11.1. The number of amides is 1. The summed E-state index contributed by atoms with van der Waals surface area (Å²) in [6, 6.07) is 26.7. The van der Waals surface area contributed by atoms with E-state index in [0.717, 1.165) is 42.6 Å². The molecule has 1 heterocycles. The quantitative estimate of drug-likeness (QED) is 0.634. The first-order valence-electron chi connectivity index (χ1n) is 10.00. The molecule has 1 aliphatic rings. The number of carbonyl (C=O) groups excluding carboxylic acids is 1. The van der Waals surface area contributed by atoms with Crippen LogP contribution in [0.15, 0.2) is 78.9 Å².